The number of nitrogens with one attached hydrogen (secondary N) is 2. The second kappa shape index (κ2) is 9.18. The smallest absolute Gasteiger partial charge is 0.405 e. The molecule has 1 unspecified atom stereocenters. The number of carboxylic acid groups (broad SMARTS) is 1. The lowest BCUT2D eigenvalue weighted by Crippen LogP contribution is -2.47. The van der Waals surface area contributed by atoms with Gasteiger partial charge in [-0.25, -0.2) is 14.3 Å². The second-order valence-electron chi connectivity index (χ2n) is 9.36. The molecule has 0 spiro atoms. The number of imidazole rings is 1. The third kappa shape index (κ3) is 5.39. The highest BCUT2D eigenvalue weighted by atomic mass is 19.4. The number of piperidine rings is 1. The Morgan fingerprint density at radius 3 is 2.70 bits per heavy atom. The Morgan fingerprint density at radius 2 is 2.03 bits per heavy atom. The molecule has 0 aromatic carbocycles. The van der Waals surface area contributed by atoms with Gasteiger partial charge in [-0.05, 0) is 43.2 Å². The molecular formula is C22H28F3N5O3. The number of carbonyl (C=O) groups is 2. The molecule has 1 aliphatic carbocycles. The number of amides is 2. The molecule has 2 fully saturated rings. The summed E-state index contributed by atoms with van der Waals surface area (Å²) in [5.41, 5.74) is 1.55. The number of hydrogen-bond donors (Lipinski definition) is 3. The zero-order valence-corrected chi connectivity index (χ0v) is 18.3. The van der Waals surface area contributed by atoms with Crippen LogP contribution in [-0.4, -0.2) is 44.4 Å². The van der Waals surface area contributed by atoms with Crippen LogP contribution in [0, 0.1) is 23.7 Å². The van der Waals surface area contributed by atoms with Crippen LogP contribution < -0.4 is 10.6 Å². The SMILES string of the molecule is CC1CCC([C@H](NC(=O)O)c2cn3nc(CC4C[C@@H](C(F)(F)F)CNC4=O)ccc3n2)CC1. The molecule has 2 aromatic rings. The summed E-state index contributed by atoms with van der Waals surface area (Å²) in [6, 6.07) is 2.88. The number of rotatable bonds is 5. The first-order chi connectivity index (χ1) is 15.6. The van der Waals surface area contributed by atoms with Crippen LogP contribution in [0.25, 0.3) is 5.65 Å². The van der Waals surface area contributed by atoms with E-state index >= 15 is 0 Å². The van der Waals surface area contributed by atoms with Gasteiger partial charge < -0.3 is 15.7 Å². The first kappa shape index (κ1) is 23.3. The zero-order valence-electron chi connectivity index (χ0n) is 18.3. The van der Waals surface area contributed by atoms with Crippen LogP contribution in [0.15, 0.2) is 18.3 Å². The van der Waals surface area contributed by atoms with E-state index in [-0.39, 0.29) is 18.8 Å². The molecule has 33 heavy (non-hydrogen) atoms. The number of halogens is 3. The molecule has 2 aliphatic rings. The Morgan fingerprint density at radius 1 is 1.30 bits per heavy atom. The third-order valence-electron chi connectivity index (χ3n) is 6.90. The van der Waals surface area contributed by atoms with E-state index < -0.39 is 42.6 Å². The predicted octanol–water partition coefficient (Wildman–Crippen LogP) is 3.72. The molecule has 8 nitrogen and oxygen atoms in total. The Bertz CT molecular complexity index is 1020. The van der Waals surface area contributed by atoms with Gasteiger partial charge in [-0.3, -0.25) is 4.79 Å². The topological polar surface area (TPSA) is 109 Å². The minimum absolute atomic E-state index is 0.0825. The van der Waals surface area contributed by atoms with E-state index in [1.807, 2.05) is 0 Å². The van der Waals surface area contributed by atoms with Crippen LogP contribution in [0.3, 0.4) is 0 Å². The third-order valence-corrected chi connectivity index (χ3v) is 6.90. The maximum atomic E-state index is 13.1. The van der Waals surface area contributed by atoms with Gasteiger partial charge in [-0.1, -0.05) is 19.8 Å². The number of hydrogen-bond acceptors (Lipinski definition) is 4. The average Bonchev–Trinajstić information content (AvgIpc) is 3.16. The van der Waals surface area contributed by atoms with Crippen molar-refractivity contribution in [1.29, 1.82) is 0 Å². The summed E-state index contributed by atoms with van der Waals surface area (Å²) < 4.78 is 40.8. The van der Waals surface area contributed by atoms with Crippen molar-refractivity contribution < 1.29 is 27.9 Å². The Kier molecular flexibility index (Phi) is 6.49. The monoisotopic (exact) mass is 467 g/mol. The summed E-state index contributed by atoms with van der Waals surface area (Å²) in [4.78, 5) is 28.1. The molecule has 1 saturated heterocycles. The quantitative estimate of drug-likeness (QED) is 0.621. The first-order valence-corrected chi connectivity index (χ1v) is 11.3. The van der Waals surface area contributed by atoms with Crippen molar-refractivity contribution in [3.05, 3.63) is 29.7 Å². The van der Waals surface area contributed by atoms with Crippen molar-refractivity contribution in [3.8, 4) is 0 Å². The molecule has 0 bridgehead atoms. The molecule has 11 heteroatoms. The molecule has 1 aliphatic heterocycles. The molecule has 0 radical (unpaired) electrons. The van der Waals surface area contributed by atoms with Gasteiger partial charge in [-0.15, -0.1) is 0 Å². The molecule has 3 heterocycles. The molecule has 1 saturated carbocycles. The molecule has 180 valence electrons. The summed E-state index contributed by atoms with van der Waals surface area (Å²) in [6.07, 6.45) is -0.143. The Balaban J connectivity index is 1.53. The molecule has 4 rings (SSSR count). The van der Waals surface area contributed by atoms with Gasteiger partial charge in [0, 0.05) is 18.9 Å². The zero-order chi connectivity index (χ0) is 23.8. The van der Waals surface area contributed by atoms with Crippen LogP contribution in [0.4, 0.5) is 18.0 Å². The number of fused-ring (bicyclic) bond motifs is 1. The van der Waals surface area contributed by atoms with Gasteiger partial charge >= 0.3 is 12.3 Å². The molecule has 3 N–H and O–H groups in total. The van der Waals surface area contributed by atoms with E-state index in [4.69, 9.17) is 0 Å². The average molecular weight is 467 g/mol. The lowest BCUT2D eigenvalue weighted by molar-refractivity contribution is -0.183. The lowest BCUT2D eigenvalue weighted by atomic mass is 9.78. The molecular weight excluding hydrogens is 439 g/mol. The molecule has 2 aromatic heterocycles. The molecule has 3 atom stereocenters. The fourth-order valence-electron chi connectivity index (χ4n) is 4.96. The fourth-order valence-corrected chi connectivity index (χ4v) is 4.96. The summed E-state index contributed by atoms with van der Waals surface area (Å²) in [5, 5.41) is 18.8. The van der Waals surface area contributed by atoms with E-state index in [2.05, 4.69) is 27.6 Å². The van der Waals surface area contributed by atoms with Gasteiger partial charge in [0.2, 0.25) is 5.91 Å². The van der Waals surface area contributed by atoms with E-state index in [9.17, 15) is 27.9 Å². The van der Waals surface area contributed by atoms with Crippen molar-refractivity contribution in [1.82, 2.24) is 25.2 Å². The van der Waals surface area contributed by atoms with Crippen molar-refractivity contribution >= 4 is 17.6 Å². The number of aromatic nitrogens is 3. The summed E-state index contributed by atoms with van der Waals surface area (Å²) in [6.45, 7) is 1.80. The maximum absolute atomic E-state index is 13.1. The van der Waals surface area contributed by atoms with E-state index in [0.717, 1.165) is 25.7 Å². The number of alkyl halides is 3. The van der Waals surface area contributed by atoms with Gasteiger partial charge in [0.15, 0.2) is 5.65 Å². The fraction of sp³-hybridized carbons (Fsp3) is 0.636. The van der Waals surface area contributed by atoms with Crippen molar-refractivity contribution in [2.45, 2.75) is 57.7 Å². The molecule has 2 amide bonds. The number of carbonyl (C=O) groups excluding carboxylic acids is 1. The van der Waals surface area contributed by atoms with E-state index in [0.29, 0.717) is 23.0 Å². The van der Waals surface area contributed by atoms with Gasteiger partial charge in [0.05, 0.1) is 29.5 Å². The normalized spacial score (nSPS) is 27.2. The van der Waals surface area contributed by atoms with Crippen molar-refractivity contribution in [2.75, 3.05) is 6.54 Å². The standard InChI is InChI=1S/C22H28F3N5O3/c1-12-2-4-13(5-3-12)19(28-21(32)33)17-11-30-18(27-17)7-6-16(29-30)9-14-8-15(22(23,24)25)10-26-20(14)31/h6-7,11-15,19,28H,2-5,8-10H2,1H3,(H,26,31)(H,32,33)/t12?,13?,14?,15-,19+/m1/s1. The van der Waals surface area contributed by atoms with Gasteiger partial charge in [-0.2, -0.15) is 18.3 Å². The second-order valence-corrected chi connectivity index (χ2v) is 9.36. The van der Waals surface area contributed by atoms with Crippen LogP contribution in [0.1, 0.15) is 56.5 Å². The minimum atomic E-state index is -4.36. The summed E-state index contributed by atoms with van der Waals surface area (Å²) >= 11 is 0. The lowest BCUT2D eigenvalue weighted by Gasteiger charge is -2.31. The van der Waals surface area contributed by atoms with Gasteiger partial charge in [0.25, 0.3) is 0 Å². The summed E-state index contributed by atoms with van der Waals surface area (Å²) in [7, 11) is 0. The maximum Gasteiger partial charge on any atom is 0.405 e. The van der Waals surface area contributed by atoms with E-state index in [1.165, 1.54) is 4.52 Å². The minimum Gasteiger partial charge on any atom is -0.465 e. The van der Waals surface area contributed by atoms with Crippen LogP contribution >= 0.6 is 0 Å². The van der Waals surface area contributed by atoms with Crippen LogP contribution in [0.2, 0.25) is 0 Å². The highest BCUT2D eigenvalue weighted by Crippen LogP contribution is 2.37. The van der Waals surface area contributed by atoms with Crippen LogP contribution in [-0.2, 0) is 11.2 Å². The Labute approximate surface area is 188 Å². The van der Waals surface area contributed by atoms with Gasteiger partial charge in [0.1, 0.15) is 0 Å². The van der Waals surface area contributed by atoms with E-state index in [1.54, 1.807) is 18.3 Å². The Hall–Kier alpha value is -2.85. The summed E-state index contributed by atoms with van der Waals surface area (Å²) in [5.74, 6) is -2.03. The highest BCUT2D eigenvalue weighted by Gasteiger charge is 2.44. The largest absolute Gasteiger partial charge is 0.465 e. The van der Waals surface area contributed by atoms with Crippen molar-refractivity contribution in [3.63, 3.8) is 0 Å². The predicted molar refractivity (Wildman–Crippen MR) is 112 cm³/mol. The first-order valence-electron chi connectivity index (χ1n) is 11.3. The highest BCUT2D eigenvalue weighted by molar-refractivity contribution is 5.79. The van der Waals surface area contributed by atoms with Crippen molar-refractivity contribution in [2.24, 2.45) is 23.7 Å². The number of nitrogens with zero attached hydrogens (tertiary/aromatic N) is 3. The van der Waals surface area contributed by atoms with Crippen LogP contribution in [0.5, 0.6) is 0 Å².